The van der Waals surface area contributed by atoms with Crippen LogP contribution in [0.4, 0.5) is 5.69 Å². The third-order valence-corrected chi connectivity index (χ3v) is 5.16. The number of imidazole rings is 1. The lowest BCUT2D eigenvalue weighted by atomic mass is 10.1. The number of pyridine rings is 1. The quantitative estimate of drug-likeness (QED) is 0.697. The van der Waals surface area contributed by atoms with Crippen molar-refractivity contribution in [1.82, 2.24) is 14.7 Å². The fraction of sp³-hybridized carbons (Fsp3) is 0.150. The number of hydrogen-bond donors (Lipinski definition) is 1. The van der Waals surface area contributed by atoms with Crippen molar-refractivity contribution < 1.29 is 4.79 Å². The molecule has 130 valence electrons. The van der Waals surface area contributed by atoms with Crippen LogP contribution in [0.3, 0.4) is 0 Å². The molecule has 0 spiro atoms. The van der Waals surface area contributed by atoms with E-state index in [4.69, 9.17) is 0 Å². The summed E-state index contributed by atoms with van der Waals surface area (Å²) >= 11 is 1.34. The number of nitrogens with zero attached hydrogens (tertiary/aromatic N) is 3. The van der Waals surface area contributed by atoms with E-state index in [-0.39, 0.29) is 5.91 Å². The van der Waals surface area contributed by atoms with Gasteiger partial charge >= 0.3 is 0 Å². The third-order valence-electron chi connectivity index (χ3n) is 4.25. The van der Waals surface area contributed by atoms with Crippen molar-refractivity contribution in [2.45, 2.75) is 20.8 Å². The van der Waals surface area contributed by atoms with E-state index in [1.54, 1.807) is 0 Å². The summed E-state index contributed by atoms with van der Waals surface area (Å²) in [6.07, 6.45) is 3.79. The largest absolute Gasteiger partial charge is 0.303 e. The van der Waals surface area contributed by atoms with Crippen molar-refractivity contribution in [3.8, 4) is 0 Å². The summed E-state index contributed by atoms with van der Waals surface area (Å²) in [5.74, 6) is 0.744. The van der Waals surface area contributed by atoms with Gasteiger partial charge in [-0.05, 0) is 62.4 Å². The minimum Gasteiger partial charge on any atom is -0.303 e. The summed E-state index contributed by atoms with van der Waals surface area (Å²) in [7, 11) is 0. The van der Waals surface area contributed by atoms with Crippen LogP contribution in [0, 0.1) is 20.8 Å². The maximum absolute atomic E-state index is 12.3. The first-order valence-corrected chi connectivity index (χ1v) is 9.13. The van der Waals surface area contributed by atoms with Crippen molar-refractivity contribution in [1.29, 1.82) is 0 Å². The molecule has 1 aliphatic heterocycles. The number of carbonyl (C=O) groups is 1. The number of nitrogens with one attached hydrogen (secondary N) is 1. The van der Waals surface area contributed by atoms with Gasteiger partial charge in [0.25, 0.3) is 5.91 Å². The topological polar surface area (TPSA) is 58.8 Å². The molecule has 6 heteroatoms. The zero-order valence-corrected chi connectivity index (χ0v) is 15.6. The zero-order chi connectivity index (χ0) is 18.3. The molecular weight excluding hydrogens is 344 g/mol. The fourth-order valence-electron chi connectivity index (χ4n) is 2.97. The maximum Gasteiger partial charge on any atom is 0.264 e. The van der Waals surface area contributed by atoms with E-state index in [0.29, 0.717) is 10.1 Å². The molecule has 1 fully saturated rings. The van der Waals surface area contributed by atoms with Crippen LogP contribution in [0.15, 0.2) is 52.5 Å². The number of aromatic nitrogens is 2. The van der Waals surface area contributed by atoms with E-state index in [9.17, 15) is 4.79 Å². The van der Waals surface area contributed by atoms with Gasteiger partial charge in [-0.2, -0.15) is 0 Å². The smallest absolute Gasteiger partial charge is 0.264 e. The third kappa shape index (κ3) is 3.04. The van der Waals surface area contributed by atoms with Crippen molar-refractivity contribution in [2.24, 2.45) is 4.99 Å². The molecule has 0 atom stereocenters. The van der Waals surface area contributed by atoms with Gasteiger partial charge in [0.15, 0.2) is 5.17 Å². The number of amidine groups is 1. The van der Waals surface area contributed by atoms with E-state index in [1.165, 1.54) is 17.3 Å². The Kier molecular flexibility index (Phi) is 4.12. The summed E-state index contributed by atoms with van der Waals surface area (Å²) in [6.45, 7) is 6.02. The molecule has 3 heterocycles. The molecule has 4 rings (SSSR count). The lowest BCUT2D eigenvalue weighted by Gasteiger charge is -2.02. The van der Waals surface area contributed by atoms with Crippen LogP contribution >= 0.6 is 11.8 Å². The molecule has 0 saturated carbocycles. The summed E-state index contributed by atoms with van der Waals surface area (Å²) in [5, 5.41) is 3.43. The molecule has 0 radical (unpaired) electrons. The molecule has 0 bridgehead atoms. The monoisotopic (exact) mass is 362 g/mol. The van der Waals surface area contributed by atoms with Crippen molar-refractivity contribution in [3.05, 3.63) is 70.1 Å². The Balaban J connectivity index is 1.67. The highest BCUT2D eigenvalue weighted by Gasteiger charge is 2.24. The Labute approximate surface area is 155 Å². The Morgan fingerprint density at radius 3 is 2.85 bits per heavy atom. The summed E-state index contributed by atoms with van der Waals surface area (Å²) in [5.41, 5.74) is 4.90. The molecule has 1 N–H and O–H groups in total. The Bertz CT molecular complexity index is 1090. The van der Waals surface area contributed by atoms with Crippen LogP contribution in [-0.4, -0.2) is 20.5 Å². The molecule has 1 aliphatic rings. The number of benzene rings is 1. The average Bonchev–Trinajstić information content (AvgIpc) is 3.11. The van der Waals surface area contributed by atoms with Gasteiger partial charge in [-0.3, -0.25) is 4.79 Å². The standard InChI is InChI=1S/C20H18N4OS/c1-12-7-8-15(13(2)10-12)22-20-23-19(25)18(26-20)11-16-17-6-4-5-9-24(17)14(3)21-16/h4-11H,1-3H3,(H,22,23,25). The first-order chi connectivity index (χ1) is 12.5. The van der Waals surface area contributed by atoms with Gasteiger partial charge in [-0.1, -0.05) is 23.8 Å². The van der Waals surface area contributed by atoms with Crippen LogP contribution in [0.5, 0.6) is 0 Å². The van der Waals surface area contributed by atoms with Gasteiger partial charge in [-0.15, -0.1) is 0 Å². The minimum absolute atomic E-state index is 0.145. The predicted molar refractivity (Wildman–Crippen MR) is 107 cm³/mol. The zero-order valence-electron chi connectivity index (χ0n) is 14.8. The molecule has 1 aromatic carbocycles. The molecule has 1 saturated heterocycles. The highest BCUT2D eigenvalue weighted by molar-refractivity contribution is 8.18. The molecular formula is C20H18N4OS. The second-order valence-corrected chi connectivity index (χ2v) is 7.30. The molecule has 1 amide bonds. The number of thioether (sulfide) groups is 1. The Morgan fingerprint density at radius 2 is 2.04 bits per heavy atom. The lowest BCUT2D eigenvalue weighted by molar-refractivity contribution is -0.115. The van der Waals surface area contributed by atoms with E-state index in [1.807, 2.05) is 67.8 Å². The molecule has 2 aromatic heterocycles. The second-order valence-electron chi connectivity index (χ2n) is 6.27. The van der Waals surface area contributed by atoms with E-state index in [2.05, 4.69) is 21.4 Å². The van der Waals surface area contributed by atoms with Gasteiger partial charge in [0, 0.05) is 6.20 Å². The van der Waals surface area contributed by atoms with Gasteiger partial charge in [0.2, 0.25) is 0 Å². The minimum atomic E-state index is -0.145. The predicted octanol–water partition coefficient (Wildman–Crippen LogP) is 4.15. The Hall–Kier alpha value is -2.86. The van der Waals surface area contributed by atoms with Crippen molar-refractivity contribution in [2.75, 3.05) is 0 Å². The fourth-order valence-corrected chi connectivity index (χ4v) is 3.78. The van der Waals surface area contributed by atoms with Crippen LogP contribution in [0.2, 0.25) is 0 Å². The molecule has 0 unspecified atom stereocenters. The first kappa shape index (κ1) is 16.6. The SMILES string of the molecule is Cc1ccc(N=C2NC(=O)C(=Cc3nc(C)n4ccccc34)S2)c(C)c1. The number of aliphatic imine (C=N–C) groups is 1. The number of carbonyl (C=O) groups excluding carboxylic acids is 1. The second kappa shape index (κ2) is 6.46. The Morgan fingerprint density at radius 1 is 1.19 bits per heavy atom. The molecule has 5 nitrogen and oxygen atoms in total. The van der Waals surface area contributed by atoms with Crippen molar-refractivity contribution in [3.63, 3.8) is 0 Å². The van der Waals surface area contributed by atoms with E-state index >= 15 is 0 Å². The highest BCUT2D eigenvalue weighted by Crippen LogP contribution is 2.30. The highest BCUT2D eigenvalue weighted by atomic mass is 32.2. The van der Waals surface area contributed by atoms with Crippen LogP contribution in [-0.2, 0) is 4.79 Å². The first-order valence-electron chi connectivity index (χ1n) is 8.32. The van der Waals surface area contributed by atoms with Crippen LogP contribution in [0.1, 0.15) is 22.6 Å². The van der Waals surface area contributed by atoms with Gasteiger partial charge in [0.05, 0.1) is 21.8 Å². The molecule has 26 heavy (non-hydrogen) atoms. The van der Waals surface area contributed by atoms with Crippen LogP contribution < -0.4 is 5.32 Å². The normalized spacial score (nSPS) is 17.4. The lowest BCUT2D eigenvalue weighted by Crippen LogP contribution is -2.19. The number of hydrogen-bond acceptors (Lipinski definition) is 4. The summed E-state index contributed by atoms with van der Waals surface area (Å²) in [4.78, 5) is 22.1. The van der Waals surface area contributed by atoms with Gasteiger partial charge in [-0.25, -0.2) is 9.98 Å². The van der Waals surface area contributed by atoms with Gasteiger partial charge in [0.1, 0.15) is 5.82 Å². The molecule has 3 aromatic rings. The molecule has 0 aliphatic carbocycles. The van der Waals surface area contributed by atoms with Gasteiger partial charge < -0.3 is 9.72 Å². The number of amides is 1. The van der Waals surface area contributed by atoms with Crippen molar-refractivity contribution >= 4 is 40.1 Å². The number of rotatable bonds is 2. The van der Waals surface area contributed by atoms with E-state index in [0.717, 1.165) is 28.3 Å². The van der Waals surface area contributed by atoms with E-state index < -0.39 is 0 Å². The number of fused-ring (bicyclic) bond motifs is 1. The summed E-state index contributed by atoms with van der Waals surface area (Å²) in [6, 6.07) is 12.0. The van der Waals surface area contributed by atoms with Crippen LogP contribution in [0.25, 0.3) is 11.6 Å². The summed E-state index contributed by atoms with van der Waals surface area (Å²) < 4.78 is 2.01. The average molecular weight is 362 g/mol. The number of aryl methyl sites for hydroxylation is 3. The maximum atomic E-state index is 12.3.